The molecule has 0 fully saturated rings. The second kappa shape index (κ2) is 6.03. The van der Waals surface area contributed by atoms with E-state index in [1.54, 1.807) is 7.05 Å². The Labute approximate surface area is 89.4 Å². The lowest BCUT2D eigenvalue weighted by Crippen LogP contribution is -2.20. The Morgan fingerprint density at radius 2 is 2.07 bits per heavy atom. The van der Waals surface area contributed by atoms with Gasteiger partial charge in [0.1, 0.15) is 5.75 Å². The molecular formula is C11H16N2O2. The molecule has 1 aromatic rings. The van der Waals surface area contributed by atoms with E-state index < -0.39 is 0 Å². The standard InChI is InChI=1S/C11H16N2O2/c1-13-11(14)6-7-15-10-4-2-9(8-12)3-5-10/h2-5H,6-8,12H2,1H3,(H,13,14). The number of amides is 1. The summed E-state index contributed by atoms with van der Waals surface area (Å²) >= 11 is 0. The highest BCUT2D eigenvalue weighted by Gasteiger charge is 1.98. The summed E-state index contributed by atoms with van der Waals surface area (Å²) in [5, 5.41) is 2.53. The van der Waals surface area contributed by atoms with Crippen molar-refractivity contribution in [3.05, 3.63) is 29.8 Å². The Balaban J connectivity index is 2.34. The predicted molar refractivity (Wildman–Crippen MR) is 58.5 cm³/mol. The monoisotopic (exact) mass is 208 g/mol. The van der Waals surface area contributed by atoms with Gasteiger partial charge in [-0.15, -0.1) is 0 Å². The van der Waals surface area contributed by atoms with Crippen molar-refractivity contribution in [3.8, 4) is 5.75 Å². The van der Waals surface area contributed by atoms with Crippen LogP contribution >= 0.6 is 0 Å². The lowest BCUT2D eigenvalue weighted by molar-refractivity contribution is -0.121. The molecule has 0 bridgehead atoms. The van der Waals surface area contributed by atoms with Crippen LogP contribution in [0.3, 0.4) is 0 Å². The van der Waals surface area contributed by atoms with Gasteiger partial charge in [0.15, 0.2) is 0 Å². The zero-order chi connectivity index (χ0) is 11.1. The molecule has 0 aliphatic carbocycles. The first kappa shape index (κ1) is 11.5. The van der Waals surface area contributed by atoms with E-state index in [0.717, 1.165) is 11.3 Å². The van der Waals surface area contributed by atoms with E-state index in [9.17, 15) is 4.79 Å². The Kier molecular flexibility index (Phi) is 4.63. The van der Waals surface area contributed by atoms with Crippen molar-refractivity contribution in [2.45, 2.75) is 13.0 Å². The van der Waals surface area contributed by atoms with E-state index >= 15 is 0 Å². The van der Waals surface area contributed by atoms with Crippen LogP contribution in [0.2, 0.25) is 0 Å². The van der Waals surface area contributed by atoms with E-state index in [1.807, 2.05) is 24.3 Å². The summed E-state index contributed by atoms with van der Waals surface area (Å²) in [7, 11) is 1.61. The highest BCUT2D eigenvalue weighted by atomic mass is 16.5. The summed E-state index contributed by atoms with van der Waals surface area (Å²) in [5.41, 5.74) is 6.53. The van der Waals surface area contributed by atoms with Crippen LogP contribution in [0.5, 0.6) is 5.75 Å². The first-order valence-corrected chi connectivity index (χ1v) is 4.88. The van der Waals surface area contributed by atoms with Gasteiger partial charge in [-0.2, -0.15) is 0 Å². The predicted octanol–water partition coefficient (Wildman–Crippen LogP) is 0.660. The number of nitrogens with one attached hydrogen (secondary N) is 1. The topological polar surface area (TPSA) is 64.3 Å². The van der Waals surface area contributed by atoms with Gasteiger partial charge in [0.05, 0.1) is 13.0 Å². The molecule has 0 aliphatic rings. The van der Waals surface area contributed by atoms with Crippen LogP contribution in [-0.4, -0.2) is 19.6 Å². The fourth-order valence-corrected chi connectivity index (χ4v) is 1.11. The Bertz CT molecular complexity index is 309. The average Bonchev–Trinajstić information content (AvgIpc) is 2.29. The number of hydrogen-bond donors (Lipinski definition) is 2. The Morgan fingerprint density at radius 3 is 2.60 bits per heavy atom. The Morgan fingerprint density at radius 1 is 1.40 bits per heavy atom. The second-order valence-corrected chi connectivity index (χ2v) is 3.12. The molecule has 1 aromatic carbocycles. The van der Waals surface area contributed by atoms with Crippen LogP contribution in [0.1, 0.15) is 12.0 Å². The summed E-state index contributed by atoms with van der Waals surface area (Å²) in [6.07, 6.45) is 0.370. The van der Waals surface area contributed by atoms with Gasteiger partial charge in [0, 0.05) is 13.6 Å². The maximum Gasteiger partial charge on any atom is 0.223 e. The molecule has 1 amide bonds. The maximum absolute atomic E-state index is 10.9. The molecule has 4 nitrogen and oxygen atoms in total. The molecule has 3 N–H and O–H groups in total. The molecule has 0 radical (unpaired) electrons. The van der Waals surface area contributed by atoms with Gasteiger partial charge in [-0.05, 0) is 17.7 Å². The average molecular weight is 208 g/mol. The van der Waals surface area contributed by atoms with Crippen LogP contribution in [0.4, 0.5) is 0 Å². The largest absolute Gasteiger partial charge is 0.493 e. The minimum atomic E-state index is -0.0198. The van der Waals surface area contributed by atoms with Crippen LogP contribution in [0, 0.1) is 0 Å². The van der Waals surface area contributed by atoms with Crippen molar-refractivity contribution in [1.82, 2.24) is 5.32 Å². The molecule has 15 heavy (non-hydrogen) atoms. The fraction of sp³-hybridized carbons (Fsp3) is 0.364. The molecule has 0 spiro atoms. The van der Waals surface area contributed by atoms with Crippen molar-refractivity contribution in [3.63, 3.8) is 0 Å². The number of ether oxygens (including phenoxy) is 1. The minimum absolute atomic E-state index is 0.0198. The quantitative estimate of drug-likeness (QED) is 0.747. The molecular weight excluding hydrogens is 192 g/mol. The van der Waals surface area contributed by atoms with Gasteiger partial charge in [0.2, 0.25) is 5.91 Å². The van der Waals surface area contributed by atoms with Crippen molar-refractivity contribution in [2.75, 3.05) is 13.7 Å². The van der Waals surface area contributed by atoms with Crippen LogP contribution in [0.15, 0.2) is 24.3 Å². The van der Waals surface area contributed by atoms with E-state index in [-0.39, 0.29) is 5.91 Å². The lowest BCUT2D eigenvalue weighted by atomic mass is 10.2. The fourth-order valence-electron chi connectivity index (χ4n) is 1.11. The minimum Gasteiger partial charge on any atom is -0.493 e. The molecule has 0 saturated carbocycles. The molecule has 1 rings (SSSR count). The number of nitrogens with two attached hydrogens (primary N) is 1. The third kappa shape index (κ3) is 3.99. The summed E-state index contributed by atoms with van der Waals surface area (Å²) in [5.74, 6) is 0.740. The first-order chi connectivity index (χ1) is 7.26. The maximum atomic E-state index is 10.9. The number of hydrogen-bond acceptors (Lipinski definition) is 3. The van der Waals surface area contributed by atoms with Crippen LogP contribution in [-0.2, 0) is 11.3 Å². The van der Waals surface area contributed by atoms with Crippen molar-refractivity contribution in [1.29, 1.82) is 0 Å². The molecule has 0 aliphatic heterocycles. The number of carbonyl (C=O) groups is 1. The zero-order valence-corrected chi connectivity index (χ0v) is 8.82. The normalized spacial score (nSPS) is 9.73. The van der Waals surface area contributed by atoms with Crippen LogP contribution < -0.4 is 15.8 Å². The Hall–Kier alpha value is -1.55. The van der Waals surface area contributed by atoms with E-state index in [1.165, 1.54) is 0 Å². The van der Waals surface area contributed by atoms with Gasteiger partial charge in [0.25, 0.3) is 0 Å². The van der Waals surface area contributed by atoms with Gasteiger partial charge in [-0.3, -0.25) is 4.79 Å². The van der Waals surface area contributed by atoms with Crippen molar-refractivity contribution in [2.24, 2.45) is 5.73 Å². The van der Waals surface area contributed by atoms with Gasteiger partial charge in [-0.1, -0.05) is 12.1 Å². The third-order valence-corrected chi connectivity index (χ3v) is 2.04. The number of carbonyl (C=O) groups excluding carboxylic acids is 1. The number of benzene rings is 1. The van der Waals surface area contributed by atoms with E-state index in [4.69, 9.17) is 10.5 Å². The zero-order valence-electron chi connectivity index (χ0n) is 8.82. The summed E-state index contributed by atoms with van der Waals surface area (Å²) < 4.78 is 5.38. The SMILES string of the molecule is CNC(=O)CCOc1ccc(CN)cc1. The molecule has 0 heterocycles. The smallest absolute Gasteiger partial charge is 0.223 e. The summed E-state index contributed by atoms with van der Waals surface area (Å²) in [4.78, 5) is 10.9. The molecule has 0 unspecified atom stereocenters. The summed E-state index contributed by atoms with van der Waals surface area (Å²) in [6, 6.07) is 7.53. The highest BCUT2D eigenvalue weighted by Crippen LogP contribution is 2.11. The highest BCUT2D eigenvalue weighted by molar-refractivity contribution is 5.75. The van der Waals surface area contributed by atoms with Crippen molar-refractivity contribution >= 4 is 5.91 Å². The van der Waals surface area contributed by atoms with Gasteiger partial charge < -0.3 is 15.8 Å². The lowest BCUT2D eigenvalue weighted by Gasteiger charge is -2.05. The van der Waals surface area contributed by atoms with Crippen LogP contribution in [0.25, 0.3) is 0 Å². The van der Waals surface area contributed by atoms with Crippen molar-refractivity contribution < 1.29 is 9.53 Å². The second-order valence-electron chi connectivity index (χ2n) is 3.12. The molecule has 0 aromatic heterocycles. The molecule has 4 heteroatoms. The molecule has 0 atom stereocenters. The third-order valence-electron chi connectivity index (χ3n) is 2.04. The number of rotatable bonds is 5. The van der Waals surface area contributed by atoms with E-state index in [0.29, 0.717) is 19.6 Å². The van der Waals surface area contributed by atoms with Gasteiger partial charge >= 0.3 is 0 Å². The molecule has 82 valence electrons. The first-order valence-electron chi connectivity index (χ1n) is 4.88. The van der Waals surface area contributed by atoms with E-state index in [2.05, 4.69) is 5.32 Å². The molecule has 0 saturated heterocycles. The summed E-state index contributed by atoms with van der Waals surface area (Å²) in [6.45, 7) is 0.917. The van der Waals surface area contributed by atoms with Gasteiger partial charge in [-0.25, -0.2) is 0 Å².